The number of hydrogen-bond donors (Lipinski definition) is 0. The number of fused-ring (bicyclic) bond motifs is 1. The summed E-state index contributed by atoms with van der Waals surface area (Å²) in [6.07, 6.45) is 1.06. The summed E-state index contributed by atoms with van der Waals surface area (Å²) in [5.41, 5.74) is 1.01. The van der Waals surface area contributed by atoms with E-state index in [0.29, 0.717) is 19.4 Å². The van der Waals surface area contributed by atoms with E-state index in [4.69, 9.17) is 4.74 Å². The van der Waals surface area contributed by atoms with Crippen molar-refractivity contribution in [2.24, 2.45) is 0 Å². The molecule has 0 saturated heterocycles. The molecular formula is C17H13BrFNO. The standard InChI is InChI=1S/C17H13BrFNO/c18-15-6-5-13(19)9-12(15)10-17(11-20)7-8-21-16-4-2-1-3-14(16)17/h1-6,9H,7-8,10H2. The van der Waals surface area contributed by atoms with Crippen LogP contribution in [0.2, 0.25) is 0 Å². The van der Waals surface area contributed by atoms with Crippen molar-refractivity contribution in [3.63, 3.8) is 0 Å². The summed E-state index contributed by atoms with van der Waals surface area (Å²) in [6.45, 7) is 0.498. The Labute approximate surface area is 131 Å². The van der Waals surface area contributed by atoms with Crippen molar-refractivity contribution in [3.8, 4) is 11.8 Å². The number of hydrogen-bond acceptors (Lipinski definition) is 2. The molecule has 0 aromatic heterocycles. The predicted molar refractivity (Wildman–Crippen MR) is 81.6 cm³/mol. The van der Waals surface area contributed by atoms with Gasteiger partial charge in [-0.1, -0.05) is 34.1 Å². The highest BCUT2D eigenvalue weighted by atomic mass is 79.9. The molecule has 1 unspecified atom stereocenters. The van der Waals surface area contributed by atoms with Crippen LogP contribution in [0.3, 0.4) is 0 Å². The number of rotatable bonds is 2. The first-order valence-electron chi connectivity index (χ1n) is 6.72. The first-order chi connectivity index (χ1) is 10.1. The molecule has 106 valence electrons. The Morgan fingerprint density at radius 3 is 2.90 bits per heavy atom. The van der Waals surface area contributed by atoms with Gasteiger partial charge in [-0.15, -0.1) is 0 Å². The second-order valence-electron chi connectivity index (χ2n) is 5.20. The van der Waals surface area contributed by atoms with Crippen molar-refractivity contribution in [3.05, 3.63) is 63.9 Å². The van der Waals surface area contributed by atoms with E-state index in [9.17, 15) is 9.65 Å². The van der Waals surface area contributed by atoms with Crippen LogP contribution in [-0.2, 0) is 11.8 Å². The molecule has 2 aromatic rings. The average molecular weight is 346 g/mol. The highest BCUT2D eigenvalue weighted by Crippen LogP contribution is 2.41. The molecule has 1 aliphatic heterocycles. The lowest BCUT2D eigenvalue weighted by Crippen LogP contribution is -2.33. The maximum Gasteiger partial charge on any atom is 0.124 e. The third-order valence-corrected chi connectivity index (χ3v) is 4.68. The van der Waals surface area contributed by atoms with Gasteiger partial charge in [0.1, 0.15) is 11.6 Å². The van der Waals surface area contributed by atoms with Crippen LogP contribution in [0, 0.1) is 17.1 Å². The predicted octanol–water partition coefficient (Wildman–Crippen LogP) is 4.37. The number of benzene rings is 2. The number of nitrogens with zero attached hydrogens (tertiary/aromatic N) is 1. The number of halogens is 2. The molecule has 1 atom stereocenters. The average Bonchev–Trinajstić information content (AvgIpc) is 2.51. The topological polar surface area (TPSA) is 33.0 Å². The van der Waals surface area contributed by atoms with Crippen LogP contribution in [0.5, 0.6) is 5.75 Å². The Morgan fingerprint density at radius 2 is 2.10 bits per heavy atom. The van der Waals surface area contributed by atoms with Gasteiger partial charge in [0.05, 0.1) is 18.1 Å². The van der Waals surface area contributed by atoms with Crippen molar-refractivity contribution < 1.29 is 9.13 Å². The Hall–Kier alpha value is -1.86. The van der Waals surface area contributed by atoms with Crippen LogP contribution in [0.1, 0.15) is 17.5 Å². The molecule has 0 aliphatic carbocycles. The first kappa shape index (κ1) is 14.1. The molecular weight excluding hydrogens is 333 g/mol. The largest absolute Gasteiger partial charge is 0.493 e. The van der Waals surface area contributed by atoms with E-state index in [2.05, 4.69) is 22.0 Å². The summed E-state index contributed by atoms with van der Waals surface area (Å²) in [4.78, 5) is 0. The molecule has 0 radical (unpaired) electrons. The minimum absolute atomic E-state index is 0.290. The van der Waals surface area contributed by atoms with Crippen molar-refractivity contribution in [1.29, 1.82) is 5.26 Å². The van der Waals surface area contributed by atoms with E-state index in [1.54, 1.807) is 6.07 Å². The summed E-state index contributed by atoms with van der Waals surface area (Å²) < 4.78 is 20.0. The SMILES string of the molecule is N#CC1(Cc2cc(F)ccc2Br)CCOc2ccccc21. The molecule has 0 fully saturated rings. The molecule has 2 nitrogen and oxygen atoms in total. The maximum atomic E-state index is 13.5. The molecule has 0 spiro atoms. The molecule has 21 heavy (non-hydrogen) atoms. The molecule has 2 aromatic carbocycles. The fourth-order valence-corrected chi connectivity index (χ4v) is 3.19. The lowest BCUT2D eigenvalue weighted by atomic mass is 9.73. The second kappa shape index (κ2) is 5.50. The van der Waals surface area contributed by atoms with Crippen molar-refractivity contribution >= 4 is 15.9 Å². The van der Waals surface area contributed by atoms with Crippen LogP contribution < -0.4 is 4.74 Å². The van der Waals surface area contributed by atoms with Crippen LogP contribution in [-0.4, -0.2) is 6.61 Å². The van der Waals surface area contributed by atoms with Crippen LogP contribution in [0.25, 0.3) is 0 Å². The summed E-state index contributed by atoms with van der Waals surface area (Å²) >= 11 is 3.44. The lowest BCUT2D eigenvalue weighted by molar-refractivity contribution is 0.241. The zero-order valence-electron chi connectivity index (χ0n) is 11.3. The highest BCUT2D eigenvalue weighted by molar-refractivity contribution is 9.10. The van der Waals surface area contributed by atoms with E-state index in [-0.39, 0.29) is 5.82 Å². The zero-order valence-corrected chi connectivity index (χ0v) is 12.9. The number of para-hydroxylation sites is 1. The van der Waals surface area contributed by atoms with Gasteiger partial charge in [-0.25, -0.2) is 4.39 Å². The molecule has 1 aliphatic rings. The van der Waals surface area contributed by atoms with Gasteiger partial charge in [0.2, 0.25) is 0 Å². The number of nitriles is 1. The van der Waals surface area contributed by atoms with E-state index in [1.165, 1.54) is 12.1 Å². The summed E-state index contributed by atoms with van der Waals surface area (Å²) in [5.74, 6) is 0.458. The van der Waals surface area contributed by atoms with Gasteiger partial charge in [-0.3, -0.25) is 0 Å². The van der Waals surface area contributed by atoms with Crippen LogP contribution in [0.15, 0.2) is 46.9 Å². The third-order valence-electron chi connectivity index (χ3n) is 3.90. The van der Waals surface area contributed by atoms with Crippen LogP contribution >= 0.6 is 15.9 Å². The molecule has 0 N–H and O–H groups in total. The Morgan fingerprint density at radius 1 is 1.29 bits per heavy atom. The normalized spacial score (nSPS) is 20.2. The van der Waals surface area contributed by atoms with Gasteiger partial charge in [-0.2, -0.15) is 5.26 Å². The maximum absolute atomic E-state index is 13.5. The molecule has 0 amide bonds. The minimum Gasteiger partial charge on any atom is -0.493 e. The van der Waals surface area contributed by atoms with Gasteiger partial charge in [0.15, 0.2) is 0 Å². The van der Waals surface area contributed by atoms with Crippen molar-refractivity contribution in [2.75, 3.05) is 6.61 Å². The molecule has 0 saturated carbocycles. The van der Waals surface area contributed by atoms with Gasteiger partial charge in [-0.05, 0) is 36.2 Å². The third kappa shape index (κ3) is 2.54. The monoisotopic (exact) mass is 345 g/mol. The Kier molecular flexibility index (Phi) is 3.69. The van der Waals surface area contributed by atoms with Crippen LogP contribution in [0.4, 0.5) is 4.39 Å². The Bertz CT molecular complexity index is 725. The second-order valence-corrected chi connectivity index (χ2v) is 6.06. The van der Waals surface area contributed by atoms with Gasteiger partial charge in [0.25, 0.3) is 0 Å². The van der Waals surface area contributed by atoms with Gasteiger partial charge < -0.3 is 4.74 Å². The highest BCUT2D eigenvalue weighted by Gasteiger charge is 2.38. The lowest BCUT2D eigenvalue weighted by Gasteiger charge is -2.33. The van der Waals surface area contributed by atoms with Crippen molar-refractivity contribution in [1.82, 2.24) is 0 Å². The summed E-state index contributed by atoms with van der Waals surface area (Å²) in [7, 11) is 0. The summed E-state index contributed by atoms with van der Waals surface area (Å²) in [5, 5.41) is 9.80. The molecule has 0 bridgehead atoms. The molecule has 3 rings (SSSR count). The van der Waals surface area contributed by atoms with Gasteiger partial charge in [0, 0.05) is 16.5 Å². The first-order valence-corrected chi connectivity index (χ1v) is 7.51. The fraction of sp³-hybridized carbons (Fsp3) is 0.235. The van der Waals surface area contributed by atoms with E-state index in [1.807, 2.05) is 24.3 Å². The summed E-state index contributed by atoms with van der Waals surface area (Å²) in [6, 6.07) is 14.6. The zero-order chi connectivity index (χ0) is 14.9. The minimum atomic E-state index is -0.675. The number of ether oxygens (including phenoxy) is 1. The van der Waals surface area contributed by atoms with Crippen molar-refractivity contribution in [2.45, 2.75) is 18.3 Å². The van der Waals surface area contributed by atoms with E-state index >= 15 is 0 Å². The van der Waals surface area contributed by atoms with E-state index < -0.39 is 5.41 Å². The van der Waals surface area contributed by atoms with Gasteiger partial charge >= 0.3 is 0 Å². The quantitative estimate of drug-likeness (QED) is 0.809. The Balaban J connectivity index is 2.07. The molecule has 1 heterocycles. The molecule has 4 heteroatoms. The smallest absolute Gasteiger partial charge is 0.124 e. The fourth-order valence-electron chi connectivity index (χ4n) is 2.80. The van der Waals surface area contributed by atoms with E-state index in [0.717, 1.165) is 21.3 Å².